The summed E-state index contributed by atoms with van der Waals surface area (Å²) in [5, 5.41) is 9.69. The van der Waals surface area contributed by atoms with Crippen LogP contribution in [0.5, 0.6) is 0 Å². The minimum Gasteiger partial charge on any atom is -0.392 e. The van der Waals surface area contributed by atoms with Crippen molar-refractivity contribution in [3.8, 4) is 0 Å². The zero-order chi connectivity index (χ0) is 10.7. The Morgan fingerprint density at radius 1 is 1.25 bits per heavy atom. The van der Waals surface area contributed by atoms with Crippen molar-refractivity contribution < 1.29 is 5.11 Å². The molecule has 1 aromatic carbocycles. The number of likely N-dealkylation sites (tertiary alicyclic amines) is 1. The summed E-state index contributed by atoms with van der Waals surface area (Å²) in [5.41, 5.74) is 1.33. The van der Waals surface area contributed by atoms with Gasteiger partial charge in [-0.1, -0.05) is 37.3 Å². The predicted octanol–water partition coefficient (Wildman–Crippen LogP) is 2.31. The normalized spacial score (nSPS) is 26.1. The van der Waals surface area contributed by atoms with Crippen molar-refractivity contribution in [1.82, 2.24) is 4.90 Å². The molecule has 16 heavy (non-hydrogen) atoms. The first-order chi connectivity index (χ1) is 7.24. The number of hydrogen-bond donors (Lipinski definition) is 1. The average molecular weight is 242 g/mol. The lowest BCUT2D eigenvalue weighted by molar-refractivity contribution is 0.0409. The van der Waals surface area contributed by atoms with Crippen LogP contribution in [0.1, 0.15) is 18.9 Å². The number of hydrogen-bond acceptors (Lipinski definition) is 2. The van der Waals surface area contributed by atoms with Crippen LogP contribution in [0.2, 0.25) is 0 Å². The lowest BCUT2D eigenvalue weighted by Crippen LogP contribution is -2.41. The molecular weight excluding hydrogens is 222 g/mol. The second kappa shape index (κ2) is 6.24. The summed E-state index contributed by atoms with van der Waals surface area (Å²) in [6.45, 7) is 5.09. The molecule has 0 bridgehead atoms. The van der Waals surface area contributed by atoms with E-state index in [1.54, 1.807) is 0 Å². The standard InChI is InChI=1S/C13H19NO.ClH/c1-11-7-13(15)10-14(8-11)9-12-5-3-2-4-6-12;/h2-6,11,13,15H,7-10H2,1H3;1H. The lowest BCUT2D eigenvalue weighted by atomic mass is 9.97. The molecule has 2 atom stereocenters. The van der Waals surface area contributed by atoms with Crippen LogP contribution in [-0.4, -0.2) is 29.2 Å². The molecule has 0 aromatic heterocycles. The van der Waals surface area contributed by atoms with Crippen molar-refractivity contribution in [1.29, 1.82) is 0 Å². The van der Waals surface area contributed by atoms with Gasteiger partial charge in [0.15, 0.2) is 0 Å². The maximum atomic E-state index is 9.69. The smallest absolute Gasteiger partial charge is 0.0670 e. The first kappa shape index (κ1) is 13.5. The van der Waals surface area contributed by atoms with Gasteiger partial charge < -0.3 is 5.11 Å². The highest BCUT2D eigenvalue weighted by molar-refractivity contribution is 5.85. The summed E-state index contributed by atoms with van der Waals surface area (Å²) in [6.07, 6.45) is 0.808. The number of β-amino-alcohol motifs (C(OH)–C–C–N with tert-alkyl or cyclic N) is 1. The fraction of sp³-hybridized carbons (Fsp3) is 0.538. The Labute approximate surface area is 104 Å². The van der Waals surface area contributed by atoms with Gasteiger partial charge in [0, 0.05) is 19.6 Å². The number of aliphatic hydroxyl groups is 1. The highest BCUT2D eigenvalue weighted by Crippen LogP contribution is 2.18. The van der Waals surface area contributed by atoms with E-state index in [2.05, 4.69) is 36.1 Å². The molecule has 1 heterocycles. The zero-order valence-electron chi connectivity index (χ0n) is 9.67. The fourth-order valence-electron chi connectivity index (χ4n) is 2.40. The third-order valence-corrected chi connectivity index (χ3v) is 2.96. The van der Waals surface area contributed by atoms with Gasteiger partial charge in [-0.25, -0.2) is 0 Å². The van der Waals surface area contributed by atoms with Crippen LogP contribution >= 0.6 is 12.4 Å². The Balaban J connectivity index is 0.00000128. The molecule has 1 N–H and O–H groups in total. The zero-order valence-corrected chi connectivity index (χ0v) is 10.5. The van der Waals surface area contributed by atoms with E-state index in [0.717, 1.165) is 26.1 Å². The molecule has 2 nitrogen and oxygen atoms in total. The molecule has 0 saturated carbocycles. The monoisotopic (exact) mass is 241 g/mol. The number of benzene rings is 1. The van der Waals surface area contributed by atoms with Crippen molar-refractivity contribution in [3.63, 3.8) is 0 Å². The minimum atomic E-state index is -0.141. The molecule has 0 amide bonds. The van der Waals surface area contributed by atoms with E-state index < -0.39 is 0 Å². The maximum Gasteiger partial charge on any atom is 0.0670 e. The van der Waals surface area contributed by atoms with Gasteiger partial charge in [0.2, 0.25) is 0 Å². The molecule has 0 spiro atoms. The summed E-state index contributed by atoms with van der Waals surface area (Å²) >= 11 is 0. The van der Waals surface area contributed by atoms with Crippen molar-refractivity contribution in [2.24, 2.45) is 5.92 Å². The number of halogens is 1. The Kier molecular flexibility index (Phi) is 5.26. The van der Waals surface area contributed by atoms with Crippen LogP contribution in [0, 0.1) is 5.92 Å². The number of aliphatic hydroxyl groups excluding tert-OH is 1. The van der Waals surface area contributed by atoms with Crippen LogP contribution in [0.15, 0.2) is 30.3 Å². The largest absolute Gasteiger partial charge is 0.392 e. The topological polar surface area (TPSA) is 23.5 Å². The van der Waals surface area contributed by atoms with E-state index in [0.29, 0.717) is 5.92 Å². The van der Waals surface area contributed by atoms with E-state index in [9.17, 15) is 5.11 Å². The van der Waals surface area contributed by atoms with Gasteiger partial charge in [-0.3, -0.25) is 4.90 Å². The Bertz CT molecular complexity index is 294. The molecule has 3 heteroatoms. The van der Waals surface area contributed by atoms with Crippen LogP contribution in [-0.2, 0) is 6.54 Å². The lowest BCUT2D eigenvalue weighted by Gasteiger charge is -2.34. The highest BCUT2D eigenvalue weighted by Gasteiger charge is 2.22. The molecule has 0 aliphatic carbocycles. The molecule has 1 aromatic rings. The molecule has 1 aliphatic rings. The van der Waals surface area contributed by atoms with Gasteiger partial charge in [0.1, 0.15) is 0 Å². The highest BCUT2D eigenvalue weighted by atomic mass is 35.5. The summed E-state index contributed by atoms with van der Waals surface area (Å²) in [5.74, 6) is 0.609. The summed E-state index contributed by atoms with van der Waals surface area (Å²) in [7, 11) is 0. The van der Waals surface area contributed by atoms with E-state index >= 15 is 0 Å². The van der Waals surface area contributed by atoms with Crippen molar-refractivity contribution in [3.05, 3.63) is 35.9 Å². The van der Waals surface area contributed by atoms with Crippen molar-refractivity contribution >= 4 is 12.4 Å². The van der Waals surface area contributed by atoms with Gasteiger partial charge in [-0.2, -0.15) is 0 Å². The summed E-state index contributed by atoms with van der Waals surface area (Å²) in [6, 6.07) is 10.5. The third kappa shape index (κ3) is 3.78. The van der Waals surface area contributed by atoms with Crippen LogP contribution in [0.25, 0.3) is 0 Å². The second-order valence-corrected chi connectivity index (χ2v) is 4.67. The molecule has 1 fully saturated rings. The van der Waals surface area contributed by atoms with E-state index in [4.69, 9.17) is 0 Å². The third-order valence-electron chi connectivity index (χ3n) is 2.96. The molecular formula is C13H20ClNO. The number of nitrogens with zero attached hydrogens (tertiary/aromatic N) is 1. The van der Waals surface area contributed by atoms with Crippen molar-refractivity contribution in [2.45, 2.75) is 26.0 Å². The SMILES string of the molecule is CC1CC(O)CN(Cc2ccccc2)C1.Cl. The van der Waals surface area contributed by atoms with Gasteiger partial charge >= 0.3 is 0 Å². The molecule has 0 radical (unpaired) electrons. The quantitative estimate of drug-likeness (QED) is 0.859. The first-order valence-electron chi connectivity index (χ1n) is 5.68. The number of rotatable bonds is 2. The average Bonchev–Trinajstić information content (AvgIpc) is 2.17. The Morgan fingerprint density at radius 2 is 1.94 bits per heavy atom. The maximum absolute atomic E-state index is 9.69. The van der Waals surface area contributed by atoms with Gasteiger partial charge in [0.25, 0.3) is 0 Å². The Morgan fingerprint density at radius 3 is 2.56 bits per heavy atom. The second-order valence-electron chi connectivity index (χ2n) is 4.67. The van der Waals surface area contributed by atoms with Crippen LogP contribution in [0.3, 0.4) is 0 Å². The minimum absolute atomic E-state index is 0. The first-order valence-corrected chi connectivity index (χ1v) is 5.68. The van der Waals surface area contributed by atoms with E-state index in [1.807, 2.05) is 6.07 Å². The molecule has 1 aliphatic heterocycles. The van der Waals surface area contributed by atoms with Gasteiger partial charge in [-0.15, -0.1) is 12.4 Å². The summed E-state index contributed by atoms with van der Waals surface area (Å²) < 4.78 is 0. The van der Waals surface area contributed by atoms with Gasteiger partial charge in [-0.05, 0) is 17.9 Å². The molecule has 2 rings (SSSR count). The van der Waals surface area contributed by atoms with Crippen molar-refractivity contribution in [2.75, 3.05) is 13.1 Å². The van der Waals surface area contributed by atoms with E-state index in [1.165, 1.54) is 5.56 Å². The van der Waals surface area contributed by atoms with Crippen LogP contribution < -0.4 is 0 Å². The Hall–Kier alpha value is -0.570. The molecule has 1 saturated heterocycles. The van der Waals surface area contributed by atoms with Crippen LogP contribution in [0.4, 0.5) is 0 Å². The fourth-order valence-corrected chi connectivity index (χ4v) is 2.40. The molecule has 2 unspecified atom stereocenters. The number of piperidine rings is 1. The predicted molar refractivity (Wildman–Crippen MR) is 68.8 cm³/mol. The van der Waals surface area contributed by atoms with E-state index in [-0.39, 0.29) is 18.5 Å². The van der Waals surface area contributed by atoms with Gasteiger partial charge in [0.05, 0.1) is 6.10 Å². The summed E-state index contributed by atoms with van der Waals surface area (Å²) in [4.78, 5) is 2.34. The molecule has 90 valence electrons.